The van der Waals surface area contributed by atoms with Gasteiger partial charge in [0.05, 0.1) is 11.4 Å². The van der Waals surface area contributed by atoms with Crippen LogP contribution in [0.1, 0.15) is 10.4 Å². The third kappa shape index (κ3) is 4.13. The highest BCUT2D eigenvalue weighted by Gasteiger charge is 2.09. The number of aromatic amines is 1. The fraction of sp³-hybridized carbons (Fsp3) is 0.0556. The van der Waals surface area contributed by atoms with E-state index in [1.807, 2.05) is 30.3 Å². The molecule has 0 aliphatic heterocycles. The number of benzene rings is 2. The Morgan fingerprint density at radius 2 is 1.79 bits per heavy atom. The van der Waals surface area contributed by atoms with Crippen molar-refractivity contribution in [3.05, 3.63) is 81.6 Å². The Labute approximate surface area is 147 Å². The Balaban J connectivity index is 1.76. The third-order valence-electron chi connectivity index (χ3n) is 3.30. The van der Waals surface area contributed by atoms with Gasteiger partial charge in [0.25, 0.3) is 5.56 Å². The van der Waals surface area contributed by atoms with Crippen molar-refractivity contribution in [2.45, 2.75) is 5.16 Å². The molecule has 0 radical (unpaired) electrons. The average Bonchev–Trinajstić information content (AvgIpc) is 2.60. The first-order chi connectivity index (χ1) is 11.6. The summed E-state index contributed by atoms with van der Waals surface area (Å²) in [7, 11) is 0. The molecule has 0 saturated heterocycles. The molecular weight excluding hydrogens is 344 g/mol. The monoisotopic (exact) mass is 356 g/mol. The lowest BCUT2D eigenvalue weighted by Gasteiger charge is -2.04. The average molecular weight is 357 g/mol. The summed E-state index contributed by atoms with van der Waals surface area (Å²) < 4.78 is 0. The Kier molecular flexibility index (Phi) is 5.13. The van der Waals surface area contributed by atoms with E-state index in [2.05, 4.69) is 9.97 Å². The molecule has 0 fully saturated rings. The van der Waals surface area contributed by atoms with Crippen molar-refractivity contribution in [3.63, 3.8) is 0 Å². The van der Waals surface area contributed by atoms with Gasteiger partial charge >= 0.3 is 0 Å². The van der Waals surface area contributed by atoms with Gasteiger partial charge in [-0.05, 0) is 24.3 Å². The molecule has 1 heterocycles. The second-order valence-electron chi connectivity index (χ2n) is 5.02. The molecule has 2 aromatic carbocycles. The zero-order valence-electron chi connectivity index (χ0n) is 12.5. The fourth-order valence-corrected chi connectivity index (χ4v) is 3.01. The third-order valence-corrected chi connectivity index (χ3v) is 4.42. The van der Waals surface area contributed by atoms with Crippen LogP contribution in [0.25, 0.3) is 11.3 Å². The number of hydrogen-bond donors (Lipinski definition) is 1. The summed E-state index contributed by atoms with van der Waals surface area (Å²) >= 11 is 7.02. The molecule has 0 unspecified atom stereocenters. The molecule has 3 aromatic rings. The molecule has 0 bridgehead atoms. The SMILES string of the molecule is O=C(CSc1nc(-c2ccccc2)cc(=O)[nH]1)c1ccc(Cl)cc1. The number of halogens is 1. The van der Waals surface area contributed by atoms with Gasteiger partial charge in [-0.2, -0.15) is 0 Å². The molecule has 0 amide bonds. The highest BCUT2D eigenvalue weighted by atomic mass is 35.5. The summed E-state index contributed by atoms with van der Waals surface area (Å²) in [6, 6.07) is 17.6. The van der Waals surface area contributed by atoms with E-state index in [1.165, 1.54) is 17.8 Å². The van der Waals surface area contributed by atoms with Crippen molar-refractivity contribution in [2.75, 3.05) is 5.75 Å². The fourth-order valence-electron chi connectivity index (χ4n) is 2.11. The first-order valence-corrected chi connectivity index (χ1v) is 8.56. The normalized spacial score (nSPS) is 10.5. The van der Waals surface area contributed by atoms with Crippen molar-refractivity contribution in [1.82, 2.24) is 9.97 Å². The number of rotatable bonds is 5. The van der Waals surface area contributed by atoms with Gasteiger partial charge in [0.15, 0.2) is 10.9 Å². The van der Waals surface area contributed by atoms with Gasteiger partial charge in [0.2, 0.25) is 0 Å². The van der Waals surface area contributed by atoms with Gasteiger partial charge in [0.1, 0.15) is 0 Å². The van der Waals surface area contributed by atoms with Crippen LogP contribution in [0, 0.1) is 0 Å². The summed E-state index contributed by atoms with van der Waals surface area (Å²) in [4.78, 5) is 31.1. The molecule has 4 nitrogen and oxygen atoms in total. The van der Waals surface area contributed by atoms with Crippen molar-refractivity contribution < 1.29 is 4.79 Å². The van der Waals surface area contributed by atoms with Gasteiger partial charge in [0, 0.05) is 22.2 Å². The summed E-state index contributed by atoms with van der Waals surface area (Å²) in [6.45, 7) is 0. The minimum absolute atomic E-state index is 0.0515. The van der Waals surface area contributed by atoms with Crippen LogP contribution < -0.4 is 5.56 Å². The van der Waals surface area contributed by atoms with E-state index in [0.717, 1.165) is 5.56 Å². The predicted octanol–water partition coefficient (Wildman–Crippen LogP) is 4.07. The molecule has 6 heteroatoms. The van der Waals surface area contributed by atoms with Crippen LogP contribution >= 0.6 is 23.4 Å². The van der Waals surface area contributed by atoms with Gasteiger partial charge in [-0.3, -0.25) is 9.59 Å². The van der Waals surface area contributed by atoms with Gasteiger partial charge in [-0.1, -0.05) is 53.7 Å². The summed E-state index contributed by atoms with van der Waals surface area (Å²) in [5.74, 6) is 0.132. The van der Waals surface area contributed by atoms with Crippen molar-refractivity contribution in [3.8, 4) is 11.3 Å². The molecule has 24 heavy (non-hydrogen) atoms. The van der Waals surface area contributed by atoms with Crippen LogP contribution in [0.4, 0.5) is 0 Å². The second-order valence-corrected chi connectivity index (χ2v) is 6.42. The Morgan fingerprint density at radius 1 is 1.08 bits per heavy atom. The number of carbonyl (C=O) groups is 1. The summed E-state index contributed by atoms with van der Waals surface area (Å²) in [5, 5.41) is 1.00. The topological polar surface area (TPSA) is 62.8 Å². The molecule has 0 aliphatic rings. The van der Waals surface area contributed by atoms with E-state index in [9.17, 15) is 9.59 Å². The maximum atomic E-state index is 12.2. The zero-order chi connectivity index (χ0) is 16.9. The number of ketones is 1. The van der Waals surface area contributed by atoms with Crippen LogP contribution in [-0.2, 0) is 0 Å². The van der Waals surface area contributed by atoms with E-state index >= 15 is 0 Å². The second kappa shape index (κ2) is 7.47. The Morgan fingerprint density at radius 3 is 2.50 bits per heavy atom. The van der Waals surface area contributed by atoms with E-state index in [0.29, 0.717) is 21.4 Å². The van der Waals surface area contributed by atoms with Gasteiger partial charge in [-0.25, -0.2) is 4.98 Å². The number of aromatic nitrogens is 2. The largest absolute Gasteiger partial charge is 0.301 e. The quantitative estimate of drug-likeness (QED) is 0.425. The maximum absolute atomic E-state index is 12.2. The minimum Gasteiger partial charge on any atom is -0.301 e. The molecule has 1 N–H and O–H groups in total. The van der Waals surface area contributed by atoms with E-state index in [1.54, 1.807) is 24.3 Å². The zero-order valence-corrected chi connectivity index (χ0v) is 14.1. The molecule has 120 valence electrons. The molecule has 3 rings (SSSR count). The van der Waals surface area contributed by atoms with Crippen molar-refractivity contribution >= 4 is 29.1 Å². The first-order valence-electron chi connectivity index (χ1n) is 7.20. The highest BCUT2D eigenvalue weighted by molar-refractivity contribution is 7.99. The highest BCUT2D eigenvalue weighted by Crippen LogP contribution is 2.19. The maximum Gasteiger partial charge on any atom is 0.252 e. The van der Waals surface area contributed by atoms with E-state index < -0.39 is 0 Å². The number of thioether (sulfide) groups is 1. The van der Waals surface area contributed by atoms with Crippen LogP contribution in [-0.4, -0.2) is 21.5 Å². The van der Waals surface area contributed by atoms with Crippen LogP contribution in [0.3, 0.4) is 0 Å². The van der Waals surface area contributed by atoms with Crippen LogP contribution in [0.2, 0.25) is 5.02 Å². The first kappa shape index (κ1) is 16.5. The Hall–Kier alpha value is -2.37. The lowest BCUT2D eigenvalue weighted by Crippen LogP contribution is -2.10. The molecule has 0 saturated carbocycles. The molecular formula is C18H13ClN2O2S. The lowest BCUT2D eigenvalue weighted by atomic mass is 10.1. The van der Waals surface area contributed by atoms with Crippen molar-refractivity contribution in [1.29, 1.82) is 0 Å². The van der Waals surface area contributed by atoms with Crippen LogP contribution in [0.15, 0.2) is 70.6 Å². The summed E-state index contributed by atoms with van der Waals surface area (Å²) in [5.41, 5.74) is 1.77. The van der Waals surface area contributed by atoms with Gasteiger partial charge < -0.3 is 4.98 Å². The summed E-state index contributed by atoms with van der Waals surface area (Å²) in [6.07, 6.45) is 0. The number of nitrogens with one attached hydrogen (secondary N) is 1. The number of H-pyrrole nitrogens is 1. The Bertz CT molecular complexity index is 908. The lowest BCUT2D eigenvalue weighted by molar-refractivity contribution is 0.102. The van der Waals surface area contributed by atoms with E-state index in [4.69, 9.17) is 11.6 Å². The van der Waals surface area contributed by atoms with Gasteiger partial charge in [-0.15, -0.1) is 0 Å². The van der Waals surface area contributed by atoms with Crippen LogP contribution in [0.5, 0.6) is 0 Å². The molecule has 0 aliphatic carbocycles. The molecule has 0 spiro atoms. The number of nitrogens with zero attached hydrogens (tertiary/aromatic N) is 1. The standard InChI is InChI=1S/C18H13ClN2O2S/c19-14-8-6-13(7-9-14)16(22)11-24-18-20-15(10-17(23)21-18)12-4-2-1-3-5-12/h1-10H,11H2,(H,20,21,23). The number of carbonyl (C=O) groups excluding carboxylic acids is 1. The minimum atomic E-state index is -0.245. The molecule has 0 atom stereocenters. The number of Topliss-reactive ketones (excluding diaryl/α,β-unsaturated/α-hetero) is 1. The molecule has 1 aromatic heterocycles. The van der Waals surface area contributed by atoms with E-state index in [-0.39, 0.29) is 17.1 Å². The number of hydrogen-bond acceptors (Lipinski definition) is 4. The smallest absolute Gasteiger partial charge is 0.252 e. The van der Waals surface area contributed by atoms with Crippen molar-refractivity contribution in [2.24, 2.45) is 0 Å². The predicted molar refractivity (Wildman–Crippen MR) is 96.8 cm³/mol.